The SMILES string of the molecule is COCCCC1(CCCOC)c2cc(C)ccc2-c2c(COCOC)cc(C)cc21.COCCCC1(CCCOC)c2cc(C)ccc2-c2c(OCOC)cc(C)cc21. The average molecular weight is 811 g/mol. The van der Waals surface area contributed by atoms with Crippen LogP contribution in [0.15, 0.2) is 60.7 Å². The lowest BCUT2D eigenvalue weighted by Gasteiger charge is -2.33. The summed E-state index contributed by atoms with van der Waals surface area (Å²) in [5.41, 5.74) is 17.1. The monoisotopic (exact) mass is 811 g/mol. The van der Waals surface area contributed by atoms with Gasteiger partial charge in [-0.3, -0.25) is 0 Å². The number of hydrogen-bond acceptors (Lipinski definition) is 8. The van der Waals surface area contributed by atoms with Gasteiger partial charge in [0.25, 0.3) is 0 Å². The second kappa shape index (κ2) is 22.3. The smallest absolute Gasteiger partial charge is 0.188 e. The number of hydrogen-bond donors (Lipinski definition) is 0. The number of benzene rings is 4. The highest BCUT2D eigenvalue weighted by Crippen LogP contribution is 2.58. The Hall–Kier alpha value is -3.60. The van der Waals surface area contributed by atoms with Crippen molar-refractivity contribution in [3.05, 3.63) is 111 Å². The number of methoxy groups -OCH3 is 6. The van der Waals surface area contributed by atoms with Gasteiger partial charge in [0.2, 0.25) is 0 Å². The van der Waals surface area contributed by atoms with E-state index < -0.39 is 0 Å². The molecule has 0 aliphatic heterocycles. The third kappa shape index (κ3) is 10.5. The van der Waals surface area contributed by atoms with Crippen LogP contribution in [0.5, 0.6) is 5.75 Å². The summed E-state index contributed by atoms with van der Waals surface area (Å²) in [5, 5.41) is 0. The molecule has 322 valence electrons. The molecular formula is C51H70O8. The summed E-state index contributed by atoms with van der Waals surface area (Å²) in [6.07, 6.45) is 8.30. The maximum atomic E-state index is 6.04. The summed E-state index contributed by atoms with van der Waals surface area (Å²) in [7, 11) is 10.4. The molecule has 0 saturated carbocycles. The van der Waals surface area contributed by atoms with Gasteiger partial charge >= 0.3 is 0 Å². The van der Waals surface area contributed by atoms with E-state index in [1.165, 1.54) is 72.3 Å². The van der Waals surface area contributed by atoms with Crippen molar-refractivity contribution in [3.8, 4) is 28.0 Å². The quantitative estimate of drug-likeness (QED) is 0.0542. The molecule has 0 atom stereocenters. The molecule has 4 aromatic rings. The van der Waals surface area contributed by atoms with Gasteiger partial charge in [0.05, 0.1) is 6.61 Å². The lowest BCUT2D eigenvalue weighted by atomic mass is 9.70. The van der Waals surface area contributed by atoms with Crippen molar-refractivity contribution < 1.29 is 37.9 Å². The second-order valence-corrected chi connectivity index (χ2v) is 16.5. The van der Waals surface area contributed by atoms with E-state index in [0.717, 1.165) is 83.5 Å². The molecule has 4 aromatic carbocycles. The Labute approximate surface area is 354 Å². The Morgan fingerprint density at radius 1 is 0.424 bits per heavy atom. The third-order valence-electron chi connectivity index (χ3n) is 12.2. The first-order chi connectivity index (χ1) is 28.6. The summed E-state index contributed by atoms with van der Waals surface area (Å²) in [6.45, 7) is 12.9. The van der Waals surface area contributed by atoms with Crippen LogP contribution >= 0.6 is 0 Å². The average Bonchev–Trinajstić information content (AvgIpc) is 3.63. The van der Waals surface area contributed by atoms with Crippen molar-refractivity contribution in [1.29, 1.82) is 0 Å². The normalized spacial score (nSPS) is 14.0. The van der Waals surface area contributed by atoms with Crippen molar-refractivity contribution in [2.24, 2.45) is 0 Å². The fourth-order valence-electron chi connectivity index (χ4n) is 9.79. The van der Waals surface area contributed by atoms with Crippen LogP contribution < -0.4 is 4.74 Å². The Kier molecular flexibility index (Phi) is 17.6. The minimum absolute atomic E-state index is 0.0181. The molecule has 0 unspecified atom stereocenters. The van der Waals surface area contributed by atoms with Gasteiger partial charge in [0, 0.05) is 85.5 Å². The van der Waals surface area contributed by atoms with Gasteiger partial charge in [0.15, 0.2) is 6.79 Å². The van der Waals surface area contributed by atoms with Crippen LogP contribution in [0.4, 0.5) is 0 Å². The zero-order chi connectivity index (χ0) is 42.4. The molecule has 0 radical (unpaired) electrons. The summed E-state index contributed by atoms with van der Waals surface area (Å²) in [5.74, 6) is 0.910. The largest absolute Gasteiger partial charge is 0.467 e. The molecular weight excluding hydrogens is 741 g/mol. The molecule has 0 aromatic heterocycles. The summed E-state index contributed by atoms with van der Waals surface area (Å²) in [4.78, 5) is 0. The Morgan fingerprint density at radius 2 is 0.847 bits per heavy atom. The molecule has 59 heavy (non-hydrogen) atoms. The second-order valence-electron chi connectivity index (χ2n) is 16.5. The van der Waals surface area contributed by atoms with Gasteiger partial charge in [0.1, 0.15) is 12.5 Å². The number of ether oxygens (including phenoxy) is 8. The first kappa shape index (κ1) is 46.5. The number of rotatable bonds is 23. The Balaban J connectivity index is 0.000000224. The van der Waals surface area contributed by atoms with Gasteiger partial charge in [-0.05, 0) is 135 Å². The number of fused-ring (bicyclic) bond motifs is 6. The minimum Gasteiger partial charge on any atom is -0.467 e. The fraction of sp³-hybridized carbons (Fsp3) is 0.529. The van der Waals surface area contributed by atoms with Crippen LogP contribution in [0.3, 0.4) is 0 Å². The highest BCUT2D eigenvalue weighted by atomic mass is 16.7. The zero-order valence-corrected chi connectivity index (χ0v) is 37.6. The van der Waals surface area contributed by atoms with E-state index >= 15 is 0 Å². The first-order valence-corrected chi connectivity index (χ1v) is 21.3. The van der Waals surface area contributed by atoms with E-state index in [4.69, 9.17) is 37.9 Å². The van der Waals surface area contributed by atoms with E-state index in [9.17, 15) is 0 Å². The van der Waals surface area contributed by atoms with E-state index in [2.05, 4.69) is 88.4 Å². The third-order valence-corrected chi connectivity index (χ3v) is 12.2. The topological polar surface area (TPSA) is 73.8 Å². The van der Waals surface area contributed by atoms with Gasteiger partial charge in [-0.2, -0.15) is 0 Å². The van der Waals surface area contributed by atoms with Crippen LogP contribution in [0.25, 0.3) is 22.3 Å². The molecule has 2 aliphatic carbocycles. The predicted octanol–water partition coefficient (Wildman–Crippen LogP) is 10.9. The molecule has 0 fully saturated rings. The molecule has 0 spiro atoms. The van der Waals surface area contributed by atoms with E-state index in [1.807, 2.05) is 0 Å². The molecule has 0 saturated heterocycles. The van der Waals surface area contributed by atoms with Gasteiger partial charge in [-0.15, -0.1) is 0 Å². The van der Waals surface area contributed by atoms with Crippen LogP contribution in [-0.2, 0) is 50.6 Å². The van der Waals surface area contributed by atoms with Crippen LogP contribution in [0.1, 0.15) is 101 Å². The lowest BCUT2D eigenvalue weighted by molar-refractivity contribution is -0.0389. The molecule has 0 N–H and O–H groups in total. The molecule has 8 heteroatoms. The van der Waals surface area contributed by atoms with Crippen molar-refractivity contribution in [3.63, 3.8) is 0 Å². The predicted molar refractivity (Wildman–Crippen MR) is 238 cm³/mol. The highest BCUT2D eigenvalue weighted by molar-refractivity contribution is 5.86. The molecule has 0 bridgehead atoms. The maximum absolute atomic E-state index is 6.04. The van der Waals surface area contributed by atoms with Crippen LogP contribution in [0.2, 0.25) is 0 Å². The van der Waals surface area contributed by atoms with Gasteiger partial charge in [-0.25, -0.2) is 0 Å². The van der Waals surface area contributed by atoms with Crippen LogP contribution in [-0.4, -0.2) is 82.7 Å². The fourth-order valence-corrected chi connectivity index (χ4v) is 9.79. The van der Waals surface area contributed by atoms with Gasteiger partial charge in [-0.1, -0.05) is 71.3 Å². The molecule has 6 rings (SSSR count). The Morgan fingerprint density at radius 3 is 1.31 bits per heavy atom. The zero-order valence-electron chi connectivity index (χ0n) is 37.6. The van der Waals surface area contributed by atoms with Crippen molar-refractivity contribution in [2.45, 2.75) is 96.5 Å². The highest BCUT2D eigenvalue weighted by Gasteiger charge is 2.45. The molecule has 0 heterocycles. The number of aryl methyl sites for hydroxylation is 4. The standard InChI is InChI=1S/C26H36O4.C25H34O4/c1-19-8-9-22-23(15-19)26(10-6-12-27-3,11-7-13-28-4)24-16-20(2)14-21(25(22)24)17-30-18-29-5;1-18-8-9-20-21(14-18)25(10-6-12-26-3,11-7-13-27-4)22-15-19(2)16-23(24(20)22)29-17-28-5/h8-9,14-16H,6-7,10-13,17-18H2,1-5H3;8-9,14-16H,6-7,10-13,17H2,1-5H3. The maximum Gasteiger partial charge on any atom is 0.188 e. The molecule has 2 aliphatic rings. The van der Waals surface area contributed by atoms with Crippen LogP contribution in [0, 0.1) is 27.7 Å². The van der Waals surface area contributed by atoms with Crippen molar-refractivity contribution in [1.82, 2.24) is 0 Å². The summed E-state index contributed by atoms with van der Waals surface area (Å²) < 4.78 is 43.8. The van der Waals surface area contributed by atoms with Gasteiger partial charge < -0.3 is 37.9 Å². The Bertz CT molecular complexity index is 1930. The van der Waals surface area contributed by atoms with E-state index in [0.29, 0.717) is 13.4 Å². The van der Waals surface area contributed by atoms with Crippen molar-refractivity contribution >= 4 is 0 Å². The minimum atomic E-state index is -0.0506. The molecule has 8 nitrogen and oxygen atoms in total. The van der Waals surface area contributed by atoms with E-state index in [1.54, 1.807) is 42.7 Å². The first-order valence-electron chi connectivity index (χ1n) is 21.3. The lowest BCUT2D eigenvalue weighted by Crippen LogP contribution is -2.27. The van der Waals surface area contributed by atoms with Crippen molar-refractivity contribution in [2.75, 3.05) is 82.7 Å². The summed E-state index contributed by atoms with van der Waals surface area (Å²) in [6, 6.07) is 22.9. The molecule has 0 amide bonds. The van der Waals surface area contributed by atoms with E-state index in [-0.39, 0.29) is 17.6 Å². The summed E-state index contributed by atoms with van der Waals surface area (Å²) >= 11 is 0.